The molecule has 0 aliphatic heterocycles. The first kappa shape index (κ1) is 13.4. The van der Waals surface area contributed by atoms with E-state index in [4.69, 9.17) is 15.4 Å². The van der Waals surface area contributed by atoms with Crippen LogP contribution in [-0.4, -0.2) is 30.6 Å². The average Bonchev–Trinajstić information content (AvgIpc) is 2.24. The summed E-state index contributed by atoms with van der Waals surface area (Å²) in [5.74, 6) is -1.11. The van der Waals surface area contributed by atoms with E-state index in [1.165, 1.54) is 24.3 Å². The number of nitrogens with two attached hydrogens (primary N) is 1. The van der Waals surface area contributed by atoms with Crippen LogP contribution in [-0.2, 0) is 14.9 Å². The molecular weight excluding hydrogens is 246 g/mol. The van der Waals surface area contributed by atoms with Gasteiger partial charge in [0.1, 0.15) is 4.91 Å². The third-order valence-corrected chi connectivity index (χ3v) is 3.02. The van der Waals surface area contributed by atoms with E-state index in [9.17, 15) is 13.2 Å². The van der Waals surface area contributed by atoms with Crippen molar-refractivity contribution in [2.75, 3.05) is 6.61 Å². The zero-order valence-corrected chi connectivity index (χ0v) is 9.52. The number of aliphatic hydroxyl groups is 1. The molecule has 0 saturated heterocycles. The number of hydrogen-bond acceptors (Lipinski definition) is 4. The van der Waals surface area contributed by atoms with Gasteiger partial charge in [-0.1, -0.05) is 30.3 Å². The molecule has 1 rings (SSSR count). The van der Waals surface area contributed by atoms with Crippen molar-refractivity contribution in [3.05, 3.63) is 41.5 Å². The highest BCUT2D eigenvalue weighted by Crippen LogP contribution is 2.23. The minimum absolute atomic E-state index is 0.0813. The number of primary amides is 1. The van der Waals surface area contributed by atoms with Gasteiger partial charge in [-0.3, -0.25) is 9.35 Å². The zero-order valence-electron chi connectivity index (χ0n) is 8.70. The van der Waals surface area contributed by atoms with E-state index in [1.54, 1.807) is 6.07 Å². The van der Waals surface area contributed by atoms with Crippen molar-refractivity contribution in [3.8, 4) is 0 Å². The fraction of sp³-hybridized carbons (Fsp3) is 0.100. The lowest BCUT2D eigenvalue weighted by Gasteiger charge is -2.08. The molecule has 0 spiro atoms. The fourth-order valence-corrected chi connectivity index (χ4v) is 2.24. The maximum absolute atomic E-state index is 11.2. The van der Waals surface area contributed by atoms with Crippen LogP contribution < -0.4 is 5.73 Å². The van der Waals surface area contributed by atoms with Gasteiger partial charge in [-0.05, 0) is 5.56 Å². The quantitative estimate of drug-likeness (QED) is 0.508. The molecule has 0 heterocycles. The van der Waals surface area contributed by atoms with Crippen molar-refractivity contribution < 1.29 is 22.9 Å². The van der Waals surface area contributed by atoms with Gasteiger partial charge in [-0.2, -0.15) is 8.42 Å². The molecule has 0 atom stereocenters. The third kappa shape index (κ3) is 3.13. The highest BCUT2D eigenvalue weighted by molar-refractivity contribution is 7.95. The van der Waals surface area contributed by atoms with Gasteiger partial charge in [0.2, 0.25) is 5.91 Å². The zero-order chi connectivity index (χ0) is 13.1. The smallest absolute Gasteiger partial charge is 0.295 e. The highest BCUT2D eigenvalue weighted by Gasteiger charge is 2.24. The lowest BCUT2D eigenvalue weighted by Crippen LogP contribution is -2.21. The average molecular weight is 257 g/mol. The molecule has 7 heteroatoms. The van der Waals surface area contributed by atoms with Crippen LogP contribution in [0.4, 0.5) is 0 Å². The van der Waals surface area contributed by atoms with Crippen LogP contribution in [0.25, 0.3) is 4.91 Å². The molecular formula is C10H11NO5S. The third-order valence-electron chi connectivity index (χ3n) is 2.02. The van der Waals surface area contributed by atoms with Crippen LogP contribution in [0.1, 0.15) is 5.56 Å². The summed E-state index contributed by atoms with van der Waals surface area (Å²) in [5, 5.41) is 8.96. The Balaban J connectivity index is 3.59. The Hall–Kier alpha value is -1.70. The van der Waals surface area contributed by atoms with E-state index >= 15 is 0 Å². The van der Waals surface area contributed by atoms with E-state index in [2.05, 4.69) is 0 Å². The van der Waals surface area contributed by atoms with E-state index in [0.29, 0.717) is 0 Å². The molecule has 0 radical (unpaired) electrons. The van der Waals surface area contributed by atoms with Crippen molar-refractivity contribution in [1.29, 1.82) is 0 Å². The number of benzene rings is 1. The maximum atomic E-state index is 11.2. The molecule has 17 heavy (non-hydrogen) atoms. The van der Waals surface area contributed by atoms with Gasteiger partial charge in [0.25, 0.3) is 10.1 Å². The van der Waals surface area contributed by atoms with E-state index in [1.807, 2.05) is 0 Å². The normalized spacial score (nSPS) is 13.1. The minimum Gasteiger partial charge on any atom is -0.391 e. The Kier molecular flexibility index (Phi) is 4.00. The lowest BCUT2D eigenvalue weighted by molar-refractivity contribution is -0.114. The maximum Gasteiger partial charge on any atom is 0.295 e. The summed E-state index contributed by atoms with van der Waals surface area (Å²) in [4.78, 5) is 10.3. The molecule has 6 nitrogen and oxygen atoms in total. The topological polar surface area (TPSA) is 118 Å². The second-order valence-electron chi connectivity index (χ2n) is 3.17. The number of carbonyl (C=O) groups excluding carboxylic acids is 1. The summed E-state index contributed by atoms with van der Waals surface area (Å²) >= 11 is 0. The molecule has 1 aromatic rings. The summed E-state index contributed by atoms with van der Waals surface area (Å²) in [7, 11) is -4.66. The summed E-state index contributed by atoms with van der Waals surface area (Å²) < 4.78 is 31.5. The van der Waals surface area contributed by atoms with Gasteiger partial charge in [-0.15, -0.1) is 0 Å². The Morgan fingerprint density at radius 2 is 1.76 bits per heavy atom. The molecule has 0 saturated carbocycles. The first-order valence-corrected chi connectivity index (χ1v) is 5.98. The molecule has 0 fully saturated rings. The van der Waals surface area contributed by atoms with Gasteiger partial charge in [0.05, 0.1) is 12.2 Å². The van der Waals surface area contributed by atoms with Crippen LogP contribution in [0.15, 0.2) is 35.9 Å². The molecule has 0 aromatic heterocycles. The molecule has 0 aliphatic rings. The largest absolute Gasteiger partial charge is 0.391 e. The van der Waals surface area contributed by atoms with E-state index < -0.39 is 33.1 Å². The minimum atomic E-state index is -4.66. The van der Waals surface area contributed by atoms with Gasteiger partial charge in [-0.25, -0.2) is 0 Å². The van der Waals surface area contributed by atoms with E-state index in [-0.39, 0.29) is 5.56 Å². The SMILES string of the molecule is NC(=O)C(CO)=C(c1ccccc1)S(=O)(=O)O. The number of aliphatic hydroxyl groups excluding tert-OH is 1. The van der Waals surface area contributed by atoms with Gasteiger partial charge < -0.3 is 10.8 Å². The fourth-order valence-electron chi connectivity index (χ4n) is 1.33. The molecule has 1 amide bonds. The summed E-state index contributed by atoms with van der Waals surface area (Å²) in [6, 6.07) is 7.43. The predicted molar refractivity (Wildman–Crippen MR) is 61.2 cm³/mol. The van der Waals surface area contributed by atoms with Crippen molar-refractivity contribution >= 4 is 20.9 Å². The summed E-state index contributed by atoms with van der Waals surface area (Å²) in [6.07, 6.45) is 0. The molecule has 92 valence electrons. The Morgan fingerprint density at radius 3 is 2.12 bits per heavy atom. The number of hydrogen-bond donors (Lipinski definition) is 3. The molecule has 4 N–H and O–H groups in total. The van der Waals surface area contributed by atoms with Crippen molar-refractivity contribution in [2.45, 2.75) is 0 Å². The van der Waals surface area contributed by atoms with E-state index in [0.717, 1.165) is 0 Å². The van der Waals surface area contributed by atoms with Gasteiger partial charge in [0, 0.05) is 0 Å². The first-order chi connectivity index (χ1) is 7.88. The number of carbonyl (C=O) groups is 1. The molecule has 0 bridgehead atoms. The Morgan fingerprint density at radius 1 is 1.24 bits per heavy atom. The highest BCUT2D eigenvalue weighted by atomic mass is 32.2. The number of rotatable bonds is 4. The molecule has 0 aliphatic carbocycles. The Labute approximate surface area is 98.1 Å². The second-order valence-corrected chi connectivity index (χ2v) is 4.53. The van der Waals surface area contributed by atoms with Crippen molar-refractivity contribution in [1.82, 2.24) is 0 Å². The summed E-state index contributed by atoms with van der Waals surface area (Å²) in [5.41, 5.74) is 4.47. The van der Waals surface area contributed by atoms with Crippen molar-refractivity contribution in [2.24, 2.45) is 5.73 Å². The van der Waals surface area contributed by atoms with Crippen molar-refractivity contribution in [3.63, 3.8) is 0 Å². The standard InChI is InChI=1S/C10H11NO5S/c11-10(13)8(6-12)9(17(14,15)16)7-4-2-1-3-5-7/h1-5,12H,6H2,(H2,11,13)(H,14,15,16). The monoisotopic (exact) mass is 257 g/mol. The molecule has 0 unspecified atom stereocenters. The summed E-state index contributed by atoms with van der Waals surface area (Å²) in [6.45, 7) is -0.876. The first-order valence-electron chi connectivity index (χ1n) is 4.54. The van der Waals surface area contributed by atoms with Crippen LogP contribution in [0.5, 0.6) is 0 Å². The van der Waals surface area contributed by atoms with Gasteiger partial charge >= 0.3 is 0 Å². The predicted octanol–water partition coefficient (Wildman–Crippen LogP) is -0.237. The van der Waals surface area contributed by atoms with Crippen LogP contribution in [0.3, 0.4) is 0 Å². The number of amides is 1. The second kappa shape index (κ2) is 5.09. The van der Waals surface area contributed by atoms with Crippen LogP contribution in [0.2, 0.25) is 0 Å². The van der Waals surface area contributed by atoms with Crippen LogP contribution >= 0.6 is 0 Å². The van der Waals surface area contributed by atoms with Crippen LogP contribution in [0, 0.1) is 0 Å². The Bertz CT molecular complexity index is 547. The van der Waals surface area contributed by atoms with Gasteiger partial charge in [0.15, 0.2) is 0 Å². The molecule has 1 aromatic carbocycles. The lowest BCUT2D eigenvalue weighted by atomic mass is 10.1.